The molecule has 2 amide bonds. The third kappa shape index (κ3) is 3.11. The minimum atomic E-state index is -1.12. The molecular weight excluding hydrogens is 274 g/mol. The smallest absolute Gasteiger partial charge is 0.335 e. The lowest BCUT2D eigenvalue weighted by Gasteiger charge is -2.13. The normalized spacial score (nSPS) is 13.7. The number of nitrogens with zero attached hydrogens (tertiary/aromatic N) is 1. The third-order valence-corrected chi connectivity index (χ3v) is 3.51. The third-order valence-electron chi connectivity index (χ3n) is 3.51. The van der Waals surface area contributed by atoms with E-state index in [0.717, 1.165) is 17.7 Å². The molecule has 0 bridgehead atoms. The molecule has 1 aliphatic rings. The van der Waals surface area contributed by atoms with Crippen molar-refractivity contribution in [2.24, 2.45) is 0 Å². The first-order valence-corrected chi connectivity index (χ1v) is 6.90. The molecule has 0 saturated heterocycles. The van der Waals surface area contributed by atoms with Gasteiger partial charge in [-0.05, 0) is 31.0 Å². The van der Waals surface area contributed by atoms with Gasteiger partial charge in [-0.2, -0.15) is 0 Å². The van der Waals surface area contributed by atoms with E-state index in [9.17, 15) is 14.4 Å². The lowest BCUT2D eigenvalue weighted by molar-refractivity contribution is 0.0649. The number of hydrogen-bond acceptors (Lipinski definition) is 4. The van der Waals surface area contributed by atoms with Crippen LogP contribution in [0.4, 0.5) is 0 Å². The first kappa shape index (κ1) is 15.2. The summed E-state index contributed by atoms with van der Waals surface area (Å²) in [5, 5.41) is 17.6. The zero-order chi connectivity index (χ0) is 15.4. The molecule has 1 heterocycles. The molecule has 2 rings (SSSR count). The highest BCUT2D eigenvalue weighted by Crippen LogP contribution is 2.24. The number of carboxylic acid groups (broad SMARTS) is 1. The van der Waals surface area contributed by atoms with Crippen LogP contribution in [0.2, 0.25) is 0 Å². The van der Waals surface area contributed by atoms with E-state index in [1.807, 2.05) is 0 Å². The molecule has 0 radical (unpaired) electrons. The van der Waals surface area contributed by atoms with E-state index in [4.69, 9.17) is 10.2 Å². The molecule has 6 heteroatoms. The number of aromatic carboxylic acids is 1. The molecule has 0 unspecified atom stereocenters. The maximum Gasteiger partial charge on any atom is 0.335 e. The number of hydrogen-bond donors (Lipinski definition) is 2. The Morgan fingerprint density at radius 2 is 1.67 bits per heavy atom. The van der Waals surface area contributed by atoms with Gasteiger partial charge in [0.25, 0.3) is 11.8 Å². The van der Waals surface area contributed by atoms with Crippen LogP contribution in [0.5, 0.6) is 0 Å². The Morgan fingerprint density at radius 1 is 1.00 bits per heavy atom. The van der Waals surface area contributed by atoms with Crippen molar-refractivity contribution in [3.8, 4) is 0 Å². The molecule has 112 valence electrons. The summed E-state index contributed by atoms with van der Waals surface area (Å²) in [4.78, 5) is 36.4. The number of fused-ring (bicyclic) bond motifs is 1. The van der Waals surface area contributed by atoms with E-state index >= 15 is 0 Å². The Bertz CT molecular complexity index is 581. The van der Waals surface area contributed by atoms with E-state index < -0.39 is 11.9 Å². The van der Waals surface area contributed by atoms with Gasteiger partial charge in [0, 0.05) is 13.2 Å². The Balaban J connectivity index is 2.06. The maximum atomic E-state index is 12.2. The Hall–Kier alpha value is -2.21. The minimum absolute atomic E-state index is 0.000282. The monoisotopic (exact) mass is 291 g/mol. The zero-order valence-electron chi connectivity index (χ0n) is 11.5. The van der Waals surface area contributed by atoms with Crippen molar-refractivity contribution in [2.45, 2.75) is 25.7 Å². The van der Waals surface area contributed by atoms with Gasteiger partial charge in [-0.25, -0.2) is 4.79 Å². The molecule has 1 aromatic carbocycles. The van der Waals surface area contributed by atoms with Crippen LogP contribution in [-0.4, -0.2) is 46.0 Å². The van der Waals surface area contributed by atoms with Crippen molar-refractivity contribution in [1.29, 1.82) is 0 Å². The molecule has 21 heavy (non-hydrogen) atoms. The molecule has 0 saturated carbocycles. The number of aliphatic hydroxyl groups is 1. The van der Waals surface area contributed by atoms with Gasteiger partial charge in [0.05, 0.1) is 16.7 Å². The van der Waals surface area contributed by atoms with Crippen molar-refractivity contribution in [3.05, 3.63) is 34.9 Å². The van der Waals surface area contributed by atoms with Gasteiger partial charge in [-0.1, -0.05) is 12.8 Å². The molecule has 2 N–H and O–H groups in total. The average Bonchev–Trinajstić information content (AvgIpc) is 2.71. The first-order valence-electron chi connectivity index (χ1n) is 6.90. The first-order chi connectivity index (χ1) is 10.1. The molecule has 1 aromatic rings. The number of amides is 2. The minimum Gasteiger partial charge on any atom is -0.478 e. The summed E-state index contributed by atoms with van der Waals surface area (Å²) in [6.45, 7) is 0.463. The van der Waals surface area contributed by atoms with Crippen LogP contribution in [-0.2, 0) is 0 Å². The number of carbonyl (C=O) groups excluding carboxylic acids is 2. The summed E-state index contributed by atoms with van der Waals surface area (Å²) in [7, 11) is 0. The number of unbranched alkanes of at least 4 members (excludes halogenated alkanes) is 3. The molecule has 0 fully saturated rings. The second-order valence-corrected chi connectivity index (χ2v) is 4.97. The fourth-order valence-electron chi connectivity index (χ4n) is 2.36. The number of rotatable bonds is 7. The molecule has 0 atom stereocenters. The molecule has 6 nitrogen and oxygen atoms in total. The number of imide groups is 1. The van der Waals surface area contributed by atoms with Crippen molar-refractivity contribution >= 4 is 17.8 Å². The van der Waals surface area contributed by atoms with Crippen molar-refractivity contribution in [2.75, 3.05) is 13.2 Å². The Kier molecular flexibility index (Phi) is 4.70. The largest absolute Gasteiger partial charge is 0.478 e. The predicted octanol–water partition coefficient (Wildman–Crippen LogP) is 1.53. The predicted molar refractivity (Wildman–Crippen MR) is 74.3 cm³/mol. The fraction of sp³-hybridized carbons (Fsp3) is 0.400. The standard InChI is InChI=1S/C15H17NO5/c17-8-4-2-1-3-7-16-13(18)11-6-5-10(15(20)21)9-12(11)14(16)19/h5-6,9,17H,1-4,7-8H2,(H,20,21). The average molecular weight is 291 g/mol. The molecule has 0 aromatic heterocycles. The van der Waals surface area contributed by atoms with Gasteiger partial charge in [-0.3, -0.25) is 14.5 Å². The van der Waals surface area contributed by atoms with Crippen LogP contribution >= 0.6 is 0 Å². The van der Waals surface area contributed by atoms with Crippen molar-refractivity contribution in [3.63, 3.8) is 0 Å². The maximum absolute atomic E-state index is 12.2. The molecule has 1 aliphatic heterocycles. The Morgan fingerprint density at radius 3 is 2.33 bits per heavy atom. The van der Waals surface area contributed by atoms with Crippen LogP contribution in [0, 0.1) is 0 Å². The number of carboxylic acids is 1. The summed E-state index contributed by atoms with van der Waals surface area (Å²) >= 11 is 0. The summed E-state index contributed by atoms with van der Waals surface area (Å²) < 4.78 is 0. The zero-order valence-corrected chi connectivity index (χ0v) is 11.5. The molecular formula is C15H17NO5. The SMILES string of the molecule is O=C(O)c1ccc2c(c1)C(=O)N(CCCCCCO)C2=O. The fourth-order valence-corrected chi connectivity index (χ4v) is 2.36. The van der Waals surface area contributed by atoms with Gasteiger partial charge < -0.3 is 10.2 Å². The van der Waals surface area contributed by atoms with Gasteiger partial charge in [-0.15, -0.1) is 0 Å². The van der Waals surface area contributed by atoms with E-state index in [1.165, 1.54) is 18.2 Å². The van der Waals surface area contributed by atoms with Gasteiger partial charge in [0.2, 0.25) is 0 Å². The van der Waals surface area contributed by atoms with E-state index in [1.54, 1.807) is 0 Å². The van der Waals surface area contributed by atoms with Crippen molar-refractivity contribution in [1.82, 2.24) is 4.90 Å². The number of benzene rings is 1. The quantitative estimate of drug-likeness (QED) is 0.587. The second kappa shape index (κ2) is 6.49. The summed E-state index contributed by atoms with van der Waals surface area (Å²) in [5.74, 6) is -1.92. The lowest BCUT2D eigenvalue weighted by atomic mass is 10.1. The second-order valence-electron chi connectivity index (χ2n) is 4.97. The molecule has 0 spiro atoms. The van der Waals surface area contributed by atoms with Crippen LogP contribution < -0.4 is 0 Å². The van der Waals surface area contributed by atoms with Crippen LogP contribution in [0.15, 0.2) is 18.2 Å². The summed E-state index contributed by atoms with van der Waals surface area (Å²) in [6.07, 6.45) is 3.07. The highest BCUT2D eigenvalue weighted by molar-refractivity contribution is 6.21. The van der Waals surface area contributed by atoms with Crippen LogP contribution in [0.1, 0.15) is 56.8 Å². The van der Waals surface area contributed by atoms with Crippen molar-refractivity contribution < 1.29 is 24.6 Å². The number of carbonyl (C=O) groups is 3. The van der Waals surface area contributed by atoms with E-state index in [0.29, 0.717) is 19.4 Å². The van der Waals surface area contributed by atoms with Crippen LogP contribution in [0.3, 0.4) is 0 Å². The topological polar surface area (TPSA) is 94.9 Å². The van der Waals surface area contributed by atoms with E-state index in [-0.39, 0.29) is 29.2 Å². The highest BCUT2D eigenvalue weighted by atomic mass is 16.4. The Labute approximate surface area is 122 Å². The number of aliphatic hydroxyl groups excluding tert-OH is 1. The highest BCUT2D eigenvalue weighted by Gasteiger charge is 2.35. The van der Waals surface area contributed by atoms with Gasteiger partial charge in [0.1, 0.15) is 0 Å². The summed E-state index contributed by atoms with van der Waals surface area (Å²) in [5.41, 5.74) is 0.426. The van der Waals surface area contributed by atoms with E-state index in [2.05, 4.69) is 0 Å². The lowest BCUT2D eigenvalue weighted by Crippen LogP contribution is -2.30. The molecule has 0 aliphatic carbocycles. The van der Waals surface area contributed by atoms with Gasteiger partial charge in [0.15, 0.2) is 0 Å². The van der Waals surface area contributed by atoms with Crippen LogP contribution in [0.25, 0.3) is 0 Å². The summed E-state index contributed by atoms with van der Waals surface area (Å²) in [6, 6.07) is 3.98. The van der Waals surface area contributed by atoms with Gasteiger partial charge >= 0.3 is 5.97 Å².